The summed E-state index contributed by atoms with van der Waals surface area (Å²) in [6, 6.07) is 6.48. The normalized spacial score (nSPS) is 18.6. The van der Waals surface area contributed by atoms with E-state index in [0.29, 0.717) is 18.1 Å². The third kappa shape index (κ3) is 3.80. The molecule has 3 rings (SSSR count). The molecule has 1 N–H and O–H groups in total. The predicted molar refractivity (Wildman–Crippen MR) is 87.4 cm³/mol. The smallest absolute Gasteiger partial charge is 0.175 e. The molecule has 9 heteroatoms. The highest BCUT2D eigenvalue weighted by atomic mass is 32.2. The third-order valence-electron chi connectivity index (χ3n) is 4.34. The van der Waals surface area contributed by atoms with Crippen molar-refractivity contribution in [3.63, 3.8) is 0 Å². The number of likely N-dealkylation sites (tertiary alicyclic amines) is 1. The van der Waals surface area contributed by atoms with Gasteiger partial charge in [0.25, 0.3) is 0 Å². The topological polar surface area (TPSA) is 101 Å². The minimum atomic E-state index is -3.23. The maximum atomic E-state index is 11.5. The van der Waals surface area contributed by atoms with Crippen molar-refractivity contribution in [1.29, 1.82) is 0 Å². The van der Waals surface area contributed by atoms with Crippen LogP contribution in [-0.2, 0) is 16.4 Å². The molecule has 1 aliphatic rings. The Labute approximate surface area is 141 Å². The second kappa shape index (κ2) is 6.23. The Morgan fingerprint density at radius 3 is 2.42 bits per heavy atom. The average molecular weight is 351 g/mol. The van der Waals surface area contributed by atoms with Crippen LogP contribution in [0.5, 0.6) is 0 Å². The van der Waals surface area contributed by atoms with Gasteiger partial charge in [0.2, 0.25) is 0 Å². The number of sulfone groups is 1. The zero-order valence-electron chi connectivity index (χ0n) is 13.8. The first kappa shape index (κ1) is 17.0. The van der Waals surface area contributed by atoms with Crippen molar-refractivity contribution < 1.29 is 13.5 Å². The van der Waals surface area contributed by atoms with Gasteiger partial charge in [0, 0.05) is 19.3 Å². The quantitative estimate of drug-likeness (QED) is 0.851. The molecule has 0 unspecified atom stereocenters. The van der Waals surface area contributed by atoms with E-state index in [1.54, 1.807) is 28.9 Å². The monoisotopic (exact) mass is 351 g/mol. The summed E-state index contributed by atoms with van der Waals surface area (Å²) in [6.45, 7) is 4.01. The Morgan fingerprint density at radius 1 is 1.21 bits per heavy atom. The van der Waals surface area contributed by atoms with E-state index in [0.717, 1.165) is 25.9 Å². The molecule has 2 heterocycles. The zero-order valence-corrected chi connectivity index (χ0v) is 14.6. The summed E-state index contributed by atoms with van der Waals surface area (Å²) in [5.41, 5.74) is 0.121. The van der Waals surface area contributed by atoms with Crippen LogP contribution in [0.15, 0.2) is 29.2 Å². The van der Waals surface area contributed by atoms with Crippen LogP contribution < -0.4 is 0 Å². The molecule has 1 saturated heterocycles. The molecular formula is C15H21N5O3S. The molecule has 130 valence electrons. The first-order valence-corrected chi connectivity index (χ1v) is 9.66. The lowest BCUT2D eigenvalue weighted by atomic mass is 9.94. The number of aliphatic hydroxyl groups is 1. The molecule has 1 aliphatic heterocycles. The Hall–Kier alpha value is -1.84. The van der Waals surface area contributed by atoms with Crippen LogP contribution in [0.2, 0.25) is 0 Å². The molecule has 0 spiro atoms. The highest BCUT2D eigenvalue weighted by Crippen LogP contribution is 2.22. The maximum absolute atomic E-state index is 11.5. The second-order valence-corrected chi connectivity index (χ2v) is 8.56. The Kier molecular flexibility index (Phi) is 4.41. The van der Waals surface area contributed by atoms with Crippen molar-refractivity contribution in [3.05, 3.63) is 30.1 Å². The van der Waals surface area contributed by atoms with Crippen molar-refractivity contribution in [2.45, 2.75) is 36.8 Å². The van der Waals surface area contributed by atoms with Crippen LogP contribution in [-0.4, -0.2) is 63.6 Å². The van der Waals surface area contributed by atoms with Crippen LogP contribution in [0.4, 0.5) is 0 Å². The van der Waals surface area contributed by atoms with Gasteiger partial charge in [-0.3, -0.25) is 4.90 Å². The molecule has 0 aliphatic carbocycles. The number of hydrogen-bond acceptors (Lipinski definition) is 7. The number of aromatic nitrogens is 4. The number of nitrogens with zero attached hydrogens (tertiary/aromatic N) is 5. The standard InChI is InChI=1S/C15H21N5O3S/c1-15(21)7-9-19(10-8-15)11-14-16-17-18-20(14)12-3-5-13(6-4-12)24(2,22)23/h3-6,21H,7-11H2,1-2H3. The van der Waals surface area contributed by atoms with Crippen molar-refractivity contribution in [2.24, 2.45) is 0 Å². The van der Waals surface area contributed by atoms with E-state index in [9.17, 15) is 13.5 Å². The third-order valence-corrected chi connectivity index (χ3v) is 5.47. The lowest BCUT2D eigenvalue weighted by Crippen LogP contribution is -2.42. The first-order chi connectivity index (χ1) is 11.2. The number of rotatable bonds is 4. The maximum Gasteiger partial charge on any atom is 0.175 e. The SMILES string of the molecule is CC1(O)CCN(Cc2nnnn2-c2ccc(S(C)(=O)=O)cc2)CC1. The van der Waals surface area contributed by atoms with Crippen molar-refractivity contribution in [1.82, 2.24) is 25.1 Å². The summed E-state index contributed by atoms with van der Waals surface area (Å²) in [7, 11) is -3.23. The lowest BCUT2D eigenvalue weighted by Gasteiger charge is -2.35. The molecule has 1 fully saturated rings. The van der Waals surface area contributed by atoms with Gasteiger partial charge in [-0.25, -0.2) is 8.42 Å². The van der Waals surface area contributed by atoms with Crippen LogP contribution in [0.3, 0.4) is 0 Å². The number of hydrogen-bond donors (Lipinski definition) is 1. The molecule has 8 nitrogen and oxygen atoms in total. The fourth-order valence-electron chi connectivity index (χ4n) is 2.73. The van der Waals surface area contributed by atoms with Gasteiger partial charge < -0.3 is 5.11 Å². The van der Waals surface area contributed by atoms with E-state index >= 15 is 0 Å². The zero-order chi connectivity index (χ0) is 17.4. The summed E-state index contributed by atoms with van der Waals surface area (Å²) in [4.78, 5) is 2.46. The van der Waals surface area contributed by atoms with Crippen LogP contribution >= 0.6 is 0 Å². The van der Waals surface area contributed by atoms with E-state index in [2.05, 4.69) is 20.4 Å². The summed E-state index contributed by atoms with van der Waals surface area (Å²) in [5, 5.41) is 21.8. The summed E-state index contributed by atoms with van der Waals surface area (Å²) in [6.07, 6.45) is 2.62. The second-order valence-electron chi connectivity index (χ2n) is 6.55. The van der Waals surface area contributed by atoms with Gasteiger partial charge >= 0.3 is 0 Å². The summed E-state index contributed by atoms with van der Waals surface area (Å²) in [5.74, 6) is 0.684. The molecular weight excluding hydrogens is 330 g/mol. The molecule has 2 aromatic rings. The van der Waals surface area contributed by atoms with Crippen molar-refractivity contribution in [2.75, 3.05) is 19.3 Å². The van der Waals surface area contributed by atoms with E-state index < -0.39 is 15.4 Å². The molecule has 0 saturated carbocycles. The average Bonchev–Trinajstić information content (AvgIpc) is 2.97. The largest absolute Gasteiger partial charge is 0.390 e. The fourth-order valence-corrected chi connectivity index (χ4v) is 3.36. The van der Waals surface area contributed by atoms with Crippen molar-refractivity contribution in [3.8, 4) is 5.69 Å². The van der Waals surface area contributed by atoms with Gasteiger partial charge in [0.05, 0.1) is 22.7 Å². The summed E-state index contributed by atoms with van der Waals surface area (Å²) >= 11 is 0. The van der Waals surface area contributed by atoms with Crippen LogP contribution in [0, 0.1) is 0 Å². The highest BCUT2D eigenvalue weighted by Gasteiger charge is 2.28. The molecule has 0 atom stereocenters. The van der Waals surface area contributed by atoms with E-state index in [4.69, 9.17) is 0 Å². The van der Waals surface area contributed by atoms with Gasteiger partial charge in [0.1, 0.15) is 0 Å². The van der Waals surface area contributed by atoms with Crippen LogP contribution in [0.1, 0.15) is 25.6 Å². The van der Waals surface area contributed by atoms with E-state index in [-0.39, 0.29) is 4.90 Å². The molecule has 0 amide bonds. The molecule has 1 aromatic carbocycles. The molecule has 1 aromatic heterocycles. The number of piperidine rings is 1. The molecule has 24 heavy (non-hydrogen) atoms. The number of benzene rings is 1. The number of tetrazole rings is 1. The minimum Gasteiger partial charge on any atom is -0.390 e. The molecule has 0 bridgehead atoms. The first-order valence-electron chi connectivity index (χ1n) is 7.77. The van der Waals surface area contributed by atoms with Gasteiger partial charge in [-0.2, -0.15) is 4.68 Å². The van der Waals surface area contributed by atoms with E-state index in [1.807, 2.05) is 6.92 Å². The minimum absolute atomic E-state index is 0.263. The van der Waals surface area contributed by atoms with Gasteiger partial charge in [-0.1, -0.05) is 0 Å². The Balaban J connectivity index is 1.76. The highest BCUT2D eigenvalue weighted by molar-refractivity contribution is 7.90. The van der Waals surface area contributed by atoms with Crippen molar-refractivity contribution >= 4 is 9.84 Å². The lowest BCUT2D eigenvalue weighted by molar-refractivity contribution is -0.00802. The van der Waals surface area contributed by atoms with Crippen LogP contribution in [0.25, 0.3) is 5.69 Å². The predicted octanol–water partition coefficient (Wildman–Crippen LogP) is 0.413. The van der Waals surface area contributed by atoms with Gasteiger partial charge in [0.15, 0.2) is 15.7 Å². The van der Waals surface area contributed by atoms with Gasteiger partial charge in [-0.15, -0.1) is 5.10 Å². The summed E-state index contributed by atoms with van der Waals surface area (Å²) < 4.78 is 24.7. The van der Waals surface area contributed by atoms with Gasteiger partial charge in [-0.05, 0) is 54.5 Å². The van der Waals surface area contributed by atoms with E-state index in [1.165, 1.54) is 6.26 Å². The fraction of sp³-hybridized carbons (Fsp3) is 0.533. The molecule has 0 radical (unpaired) electrons. The Morgan fingerprint density at radius 2 is 1.83 bits per heavy atom. The Bertz CT molecular complexity index is 804.